The lowest BCUT2D eigenvalue weighted by Gasteiger charge is -2.37. The number of rotatable bonds is 18. The van der Waals surface area contributed by atoms with Gasteiger partial charge in [-0.1, -0.05) is 143 Å². The molecule has 0 spiro atoms. The summed E-state index contributed by atoms with van der Waals surface area (Å²) in [5, 5.41) is 0. The highest BCUT2D eigenvalue weighted by Crippen LogP contribution is 2.38. The Morgan fingerprint density at radius 2 is 0.769 bits per heavy atom. The Morgan fingerprint density at radius 1 is 0.500 bits per heavy atom. The molecule has 3 atom stereocenters. The van der Waals surface area contributed by atoms with Gasteiger partial charge in [-0.05, 0) is 17.8 Å². The van der Waals surface area contributed by atoms with Crippen LogP contribution in [0.2, 0.25) is 24.7 Å². The molecule has 26 heavy (non-hydrogen) atoms. The topological polar surface area (TPSA) is 0 Å². The van der Waals surface area contributed by atoms with Gasteiger partial charge in [-0.3, -0.25) is 0 Å². The van der Waals surface area contributed by atoms with Crippen molar-refractivity contribution in [2.45, 2.75) is 143 Å². The van der Waals surface area contributed by atoms with Crippen LogP contribution in [0.3, 0.4) is 0 Å². The van der Waals surface area contributed by atoms with Crippen LogP contribution in [0, 0.1) is 17.8 Å². The lowest BCUT2D eigenvalue weighted by atomic mass is 10.0. The van der Waals surface area contributed by atoms with Gasteiger partial charge in [0.05, 0.1) is 8.07 Å². The van der Waals surface area contributed by atoms with E-state index in [1.165, 1.54) is 77.0 Å². The Morgan fingerprint density at radius 3 is 0.962 bits per heavy atom. The summed E-state index contributed by atoms with van der Waals surface area (Å²) >= 11 is 0. The van der Waals surface area contributed by atoms with Crippen molar-refractivity contribution in [3.8, 4) is 0 Å². The van der Waals surface area contributed by atoms with Gasteiger partial charge in [0.1, 0.15) is 0 Å². The van der Waals surface area contributed by atoms with Crippen molar-refractivity contribution < 1.29 is 0 Å². The number of hydrogen-bond donors (Lipinski definition) is 0. The highest BCUT2D eigenvalue weighted by molar-refractivity contribution is 6.78. The molecule has 0 aromatic rings. The van der Waals surface area contributed by atoms with Crippen LogP contribution in [0.5, 0.6) is 0 Å². The van der Waals surface area contributed by atoms with Crippen LogP contribution in [0.1, 0.15) is 119 Å². The minimum atomic E-state index is -1.15. The van der Waals surface area contributed by atoms with Crippen molar-refractivity contribution in [2.24, 2.45) is 17.8 Å². The second-order valence-corrected chi connectivity index (χ2v) is 14.5. The van der Waals surface area contributed by atoms with E-state index < -0.39 is 8.07 Å². The molecular weight excluding hydrogens is 328 g/mol. The molecule has 0 heterocycles. The maximum Gasteiger partial charge on any atom is 0.0512 e. The normalized spacial score (nSPS) is 17.7. The van der Waals surface area contributed by atoms with E-state index in [0.717, 1.165) is 17.8 Å². The molecule has 0 saturated carbocycles. The molecule has 0 aliphatic heterocycles. The van der Waals surface area contributed by atoms with Crippen molar-refractivity contribution in [3.05, 3.63) is 0 Å². The summed E-state index contributed by atoms with van der Waals surface area (Å²) in [4.78, 5) is 0. The van der Waals surface area contributed by atoms with Crippen LogP contribution >= 0.6 is 0 Å². The molecule has 0 aromatic heterocycles. The van der Waals surface area contributed by atoms with Crippen molar-refractivity contribution in [2.75, 3.05) is 0 Å². The summed E-state index contributed by atoms with van der Waals surface area (Å²) in [6.45, 7) is 17.3. The van der Waals surface area contributed by atoms with Crippen LogP contribution < -0.4 is 0 Å². The third-order valence-corrected chi connectivity index (χ3v) is 11.7. The Hall–Kier alpha value is 0.217. The van der Waals surface area contributed by atoms with Gasteiger partial charge in [0.2, 0.25) is 0 Å². The molecule has 0 aliphatic rings. The second kappa shape index (κ2) is 16.2. The first-order valence-electron chi connectivity index (χ1n) is 12.5. The molecule has 0 saturated heterocycles. The van der Waals surface area contributed by atoms with Crippen molar-refractivity contribution in [1.82, 2.24) is 0 Å². The van der Waals surface area contributed by atoms with Gasteiger partial charge < -0.3 is 0 Å². The molecule has 1 heteroatoms. The van der Waals surface area contributed by atoms with Crippen LogP contribution in [0.15, 0.2) is 0 Å². The highest BCUT2D eigenvalue weighted by atomic mass is 28.3. The summed E-state index contributed by atoms with van der Waals surface area (Å²) in [5.74, 6) is 3.04. The summed E-state index contributed by atoms with van der Waals surface area (Å²) in [6, 6.07) is 4.86. The zero-order valence-electron chi connectivity index (χ0n) is 19.8. The third-order valence-electron chi connectivity index (χ3n) is 6.97. The molecule has 0 bridgehead atoms. The van der Waals surface area contributed by atoms with E-state index in [1.54, 1.807) is 18.1 Å². The minimum Gasteiger partial charge on any atom is -0.0691 e. The Balaban J connectivity index is 5.12. The summed E-state index contributed by atoms with van der Waals surface area (Å²) in [5.41, 5.74) is 0. The first-order valence-corrected chi connectivity index (χ1v) is 15.6. The molecule has 0 radical (unpaired) electrons. The maximum atomic E-state index is 2.81. The SMILES string of the molecule is CCCCC(CC)C[Si](C)(CC(CC)CCCC)CC(CC)CCCC. The molecule has 0 aliphatic carbocycles. The van der Waals surface area contributed by atoms with E-state index in [4.69, 9.17) is 0 Å². The predicted molar refractivity (Wildman–Crippen MR) is 126 cm³/mol. The van der Waals surface area contributed by atoms with Gasteiger partial charge >= 0.3 is 0 Å². The lowest BCUT2D eigenvalue weighted by molar-refractivity contribution is 0.446. The van der Waals surface area contributed by atoms with Gasteiger partial charge in [-0.15, -0.1) is 0 Å². The molecule has 3 unspecified atom stereocenters. The standard InChI is InChI=1S/C25H54Si/c1-8-14-17-23(11-4)20-26(7,21-24(12-5)18-15-9-2)22-25(13-6)19-16-10-3/h23-25H,8-22H2,1-7H3. The molecule has 0 aromatic carbocycles. The van der Waals surface area contributed by atoms with E-state index in [1.807, 2.05) is 0 Å². The molecule has 158 valence electrons. The van der Waals surface area contributed by atoms with Crippen LogP contribution in [0.25, 0.3) is 0 Å². The van der Waals surface area contributed by atoms with Gasteiger partial charge in [0, 0.05) is 0 Å². The highest BCUT2D eigenvalue weighted by Gasteiger charge is 2.34. The summed E-state index contributed by atoms with van der Waals surface area (Å²) in [7, 11) is -1.15. The largest absolute Gasteiger partial charge is 0.0691 e. The Kier molecular flexibility index (Phi) is 16.3. The van der Waals surface area contributed by atoms with E-state index >= 15 is 0 Å². The molecular formula is C25H54Si. The first kappa shape index (κ1) is 26.2. The Labute approximate surface area is 169 Å². The van der Waals surface area contributed by atoms with Crippen molar-refractivity contribution >= 4 is 8.07 Å². The van der Waals surface area contributed by atoms with Crippen LogP contribution in [-0.4, -0.2) is 8.07 Å². The molecule has 0 N–H and O–H groups in total. The zero-order chi connectivity index (χ0) is 19.8. The molecule has 0 rings (SSSR count). The van der Waals surface area contributed by atoms with Crippen molar-refractivity contribution in [1.29, 1.82) is 0 Å². The third kappa shape index (κ3) is 11.8. The fourth-order valence-electron chi connectivity index (χ4n) is 5.17. The smallest absolute Gasteiger partial charge is 0.0512 e. The van der Waals surface area contributed by atoms with E-state index in [9.17, 15) is 0 Å². The quantitative estimate of drug-likeness (QED) is 0.207. The molecule has 0 nitrogen and oxygen atoms in total. The van der Waals surface area contributed by atoms with E-state index in [0.29, 0.717) is 0 Å². The van der Waals surface area contributed by atoms with Gasteiger partial charge in [0.15, 0.2) is 0 Å². The lowest BCUT2D eigenvalue weighted by Crippen LogP contribution is -2.37. The first-order chi connectivity index (χ1) is 12.5. The van der Waals surface area contributed by atoms with Crippen LogP contribution in [0.4, 0.5) is 0 Å². The average molecular weight is 383 g/mol. The minimum absolute atomic E-state index is 1.01. The van der Waals surface area contributed by atoms with Gasteiger partial charge in [0.25, 0.3) is 0 Å². The van der Waals surface area contributed by atoms with Crippen molar-refractivity contribution in [3.63, 3.8) is 0 Å². The van der Waals surface area contributed by atoms with Gasteiger partial charge in [-0.25, -0.2) is 0 Å². The summed E-state index contributed by atoms with van der Waals surface area (Å²) in [6.07, 6.45) is 17.2. The van der Waals surface area contributed by atoms with Gasteiger partial charge in [-0.2, -0.15) is 0 Å². The average Bonchev–Trinajstić information content (AvgIpc) is 2.65. The Bertz CT molecular complexity index is 253. The van der Waals surface area contributed by atoms with E-state index in [-0.39, 0.29) is 0 Å². The fourth-order valence-corrected chi connectivity index (χ4v) is 11.3. The van der Waals surface area contributed by atoms with Crippen LogP contribution in [-0.2, 0) is 0 Å². The number of unbranched alkanes of at least 4 members (excludes halogenated alkanes) is 3. The monoisotopic (exact) mass is 382 g/mol. The second-order valence-electron chi connectivity index (χ2n) is 9.67. The molecule has 0 amide bonds. The number of hydrogen-bond acceptors (Lipinski definition) is 0. The fraction of sp³-hybridized carbons (Fsp3) is 1.00. The maximum absolute atomic E-state index is 2.81. The predicted octanol–water partition coefficient (Wildman–Crippen LogP) is 9.71. The molecule has 0 fully saturated rings. The summed E-state index contributed by atoms with van der Waals surface area (Å²) < 4.78 is 0. The van der Waals surface area contributed by atoms with E-state index in [2.05, 4.69) is 48.1 Å². The zero-order valence-corrected chi connectivity index (χ0v) is 20.8.